The van der Waals surface area contributed by atoms with E-state index in [0.717, 1.165) is 0 Å². The van der Waals surface area contributed by atoms with Crippen molar-refractivity contribution in [3.8, 4) is 0 Å². The van der Waals surface area contributed by atoms with Crippen LogP contribution >= 0.6 is 0 Å². The number of aliphatic hydroxyl groups is 3. The van der Waals surface area contributed by atoms with Gasteiger partial charge in [-0.05, 0) is 21.0 Å². The van der Waals surface area contributed by atoms with Gasteiger partial charge in [-0.2, -0.15) is 0 Å². The lowest BCUT2D eigenvalue weighted by Crippen LogP contribution is -2.77. The van der Waals surface area contributed by atoms with Crippen molar-refractivity contribution >= 4 is 5.78 Å². The van der Waals surface area contributed by atoms with Crippen molar-refractivity contribution in [3.05, 3.63) is 0 Å². The van der Waals surface area contributed by atoms with E-state index in [2.05, 4.69) is 10.6 Å². The summed E-state index contributed by atoms with van der Waals surface area (Å²) in [5.74, 6) is -2.76. The molecule has 132 valence electrons. The Bertz CT molecular complexity index is 478. The Morgan fingerprint density at radius 1 is 1.09 bits per heavy atom. The highest BCUT2D eigenvalue weighted by Gasteiger charge is 2.63. The maximum atomic E-state index is 12.2. The van der Waals surface area contributed by atoms with Crippen LogP contribution in [-0.4, -0.2) is 89.9 Å². The molecule has 3 aliphatic rings. The van der Waals surface area contributed by atoms with Crippen molar-refractivity contribution < 1.29 is 34.3 Å². The molecule has 0 bridgehead atoms. The first-order chi connectivity index (χ1) is 10.8. The fraction of sp³-hybridized carbons (Fsp3) is 0.929. The molecule has 0 spiro atoms. The van der Waals surface area contributed by atoms with E-state index in [0.29, 0.717) is 0 Å². The average molecular weight is 332 g/mol. The van der Waals surface area contributed by atoms with Crippen LogP contribution in [0.15, 0.2) is 0 Å². The molecule has 1 unspecified atom stereocenters. The molecule has 3 rings (SSSR count). The number of likely N-dealkylation sites (N-methyl/N-ethyl adjacent to an activating group) is 2. The molecule has 1 saturated carbocycles. The van der Waals surface area contributed by atoms with Gasteiger partial charge in [0.1, 0.15) is 18.3 Å². The number of carbonyl (C=O) groups is 1. The second-order valence-corrected chi connectivity index (χ2v) is 6.40. The van der Waals surface area contributed by atoms with Crippen LogP contribution in [0, 0.1) is 0 Å². The molecule has 1 aliphatic carbocycles. The molecular formula is C14H24N2O7. The first-order valence-corrected chi connectivity index (χ1v) is 7.78. The SMILES string of the molecule is CNC1[C@@H](O)[C@@H](NC)[C@H](O)[C@H]2O[C@@H]3O[C@H](C)CC(=O)[C@]3(O)O[C@H]12. The van der Waals surface area contributed by atoms with Crippen molar-refractivity contribution in [3.63, 3.8) is 0 Å². The maximum absolute atomic E-state index is 12.2. The molecule has 9 atom stereocenters. The summed E-state index contributed by atoms with van der Waals surface area (Å²) in [5, 5.41) is 37.2. The van der Waals surface area contributed by atoms with E-state index in [-0.39, 0.29) is 6.42 Å². The Labute approximate surface area is 133 Å². The lowest BCUT2D eigenvalue weighted by Gasteiger charge is -2.55. The first-order valence-electron chi connectivity index (χ1n) is 7.78. The van der Waals surface area contributed by atoms with Crippen LogP contribution in [0.5, 0.6) is 0 Å². The van der Waals surface area contributed by atoms with Gasteiger partial charge in [0.2, 0.25) is 6.29 Å². The predicted molar refractivity (Wildman–Crippen MR) is 76.4 cm³/mol. The maximum Gasteiger partial charge on any atom is 0.280 e. The van der Waals surface area contributed by atoms with E-state index >= 15 is 0 Å². The Morgan fingerprint density at radius 2 is 1.74 bits per heavy atom. The third-order valence-corrected chi connectivity index (χ3v) is 4.93. The smallest absolute Gasteiger partial charge is 0.280 e. The molecule has 0 amide bonds. The molecule has 0 aromatic rings. The fourth-order valence-corrected chi connectivity index (χ4v) is 3.68. The first kappa shape index (κ1) is 17.2. The molecule has 0 radical (unpaired) electrons. The molecule has 2 saturated heterocycles. The topological polar surface area (TPSA) is 130 Å². The molecule has 0 aromatic carbocycles. The number of fused-ring (bicyclic) bond motifs is 2. The van der Waals surface area contributed by atoms with Crippen molar-refractivity contribution in [2.45, 2.75) is 68.0 Å². The number of ketones is 1. The lowest BCUT2D eigenvalue weighted by molar-refractivity contribution is -0.420. The van der Waals surface area contributed by atoms with E-state index < -0.39 is 60.5 Å². The number of ether oxygens (including phenoxy) is 3. The third kappa shape index (κ3) is 2.52. The summed E-state index contributed by atoms with van der Waals surface area (Å²) >= 11 is 0. The molecule has 5 N–H and O–H groups in total. The standard InChI is InChI=1S/C14H24N2O7/c1-5-4-6(17)14(20)13(21-5)22-12-10(19)7(15-2)9(18)8(16-3)11(12)23-14/h5,7-13,15-16,18-20H,4H2,1-3H3/t5-,7-,8?,9+,10+,11-,12-,13+,14+/m1/s1. The van der Waals surface area contributed by atoms with Gasteiger partial charge in [0.05, 0.1) is 24.3 Å². The zero-order chi connectivity index (χ0) is 16.9. The number of rotatable bonds is 2. The molecule has 2 aliphatic heterocycles. The van der Waals surface area contributed by atoms with Crippen LogP contribution in [-0.2, 0) is 19.0 Å². The quantitative estimate of drug-likeness (QED) is 0.361. The van der Waals surface area contributed by atoms with Gasteiger partial charge in [-0.25, -0.2) is 0 Å². The summed E-state index contributed by atoms with van der Waals surface area (Å²) in [7, 11) is 3.24. The summed E-state index contributed by atoms with van der Waals surface area (Å²) in [6.07, 6.45) is -5.58. The second kappa shape index (κ2) is 6.01. The molecule has 2 heterocycles. The zero-order valence-corrected chi connectivity index (χ0v) is 13.3. The van der Waals surface area contributed by atoms with Crippen molar-refractivity contribution in [2.75, 3.05) is 14.1 Å². The van der Waals surface area contributed by atoms with Crippen LogP contribution in [0.2, 0.25) is 0 Å². The molecule has 23 heavy (non-hydrogen) atoms. The highest BCUT2D eigenvalue weighted by Crippen LogP contribution is 2.40. The second-order valence-electron chi connectivity index (χ2n) is 6.40. The fourth-order valence-electron chi connectivity index (χ4n) is 3.68. The van der Waals surface area contributed by atoms with Gasteiger partial charge in [0.15, 0.2) is 5.78 Å². The third-order valence-electron chi connectivity index (χ3n) is 4.93. The van der Waals surface area contributed by atoms with E-state index in [1.807, 2.05) is 0 Å². The van der Waals surface area contributed by atoms with Crippen molar-refractivity contribution in [1.82, 2.24) is 10.6 Å². The molecule has 9 heteroatoms. The van der Waals surface area contributed by atoms with Crippen LogP contribution < -0.4 is 10.6 Å². The number of carbonyl (C=O) groups excluding carboxylic acids is 1. The molecular weight excluding hydrogens is 308 g/mol. The number of hydrogen-bond donors (Lipinski definition) is 5. The number of nitrogens with one attached hydrogen (secondary N) is 2. The van der Waals surface area contributed by atoms with Gasteiger partial charge in [-0.1, -0.05) is 0 Å². The van der Waals surface area contributed by atoms with Gasteiger partial charge in [0.25, 0.3) is 5.79 Å². The Kier molecular flexibility index (Phi) is 4.49. The zero-order valence-electron chi connectivity index (χ0n) is 13.3. The van der Waals surface area contributed by atoms with E-state index in [4.69, 9.17) is 14.2 Å². The van der Waals surface area contributed by atoms with Crippen LogP contribution in [0.25, 0.3) is 0 Å². The minimum absolute atomic E-state index is 0.00220. The highest BCUT2D eigenvalue weighted by molar-refractivity contribution is 5.87. The normalized spacial score (nSPS) is 53.6. The van der Waals surface area contributed by atoms with Crippen LogP contribution in [0.4, 0.5) is 0 Å². The minimum atomic E-state index is -2.23. The molecule has 0 aromatic heterocycles. The molecule has 9 nitrogen and oxygen atoms in total. The van der Waals surface area contributed by atoms with Gasteiger partial charge in [-0.15, -0.1) is 0 Å². The number of hydrogen-bond acceptors (Lipinski definition) is 9. The van der Waals surface area contributed by atoms with E-state index in [9.17, 15) is 20.1 Å². The summed E-state index contributed by atoms with van der Waals surface area (Å²) in [6, 6.07) is -1.29. The van der Waals surface area contributed by atoms with Gasteiger partial charge in [0, 0.05) is 6.42 Å². The lowest BCUT2D eigenvalue weighted by atomic mass is 9.80. The summed E-state index contributed by atoms with van der Waals surface area (Å²) in [4.78, 5) is 12.2. The van der Waals surface area contributed by atoms with E-state index in [1.165, 1.54) is 0 Å². The molecule has 3 fully saturated rings. The Balaban J connectivity index is 1.92. The van der Waals surface area contributed by atoms with Gasteiger partial charge < -0.3 is 40.2 Å². The minimum Gasteiger partial charge on any atom is -0.390 e. The van der Waals surface area contributed by atoms with Crippen LogP contribution in [0.1, 0.15) is 13.3 Å². The van der Waals surface area contributed by atoms with E-state index in [1.54, 1.807) is 21.0 Å². The number of aliphatic hydroxyl groups excluding tert-OH is 2. The number of Topliss-reactive ketones (excluding diaryl/α,β-unsaturated/α-hetero) is 1. The summed E-state index contributed by atoms with van der Waals surface area (Å²) in [6.45, 7) is 1.70. The van der Waals surface area contributed by atoms with Gasteiger partial charge >= 0.3 is 0 Å². The average Bonchev–Trinajstić information content (AvgIpc) is 2.49. The van der Waals surface area contributed by atoms with Crippen molar-refractivity contribution in [1.29, 1.82) is 0 Å². The summed E-state index contributed by atoms with van der Waals surface area (Å²) in [5.41, 5.74) is 0. The summed E-state index contributed by atoms with van der Waals surface area (Å²) < 4.78 is 16.8. The Hall–Kier alpha value is -0.650. The predicted octanol–water partition coefficient (Wildman–Crippen LogP) is -2.93. The monoisotopic (exact) mass is 332 g/mol. The van der Waals surface area contributed by atoms with Crippen molar-refractivity contribution in [2.24, 2.45) is 0 Å². The Morgan fingerprint density at radius 3 is 2.35 bits per heavy atom. The van der Waals surface area contributed by atoms with Gasteiger partial charge in [-0.3, -0.25) is 4.79 Å². The largest absolute Gasteiger partial charge is 0.390 e. The van der Waals surface area contributed by atoms with Crippen LogP contribution in [0.3, 0.4) is 0 Å². The highest BCUT2D eigenvalue weighted by atomic mass is 16.8.